The standard InChI is InChI=1S/C80H58N4O2.Pt/c1-48-19-16-20-49(2)76(48)54-41-67-61-27-10-8-25-59(61)60-26-9-11-28-62(60)68-40-53(52-33-36-74-66(39-52)65-30-13-15-32-73(65)86-74)43-72-79(68)83(78(67)69(42-54)77-50(3)21-17-22-51(77)4)47-82(72)56-23-18-24-57(45-56)85-58-34-35-64-63-29-12-14-31-70(63)84(71(64)46-58)75-44-55(37-38-81-75)80(5,6)7;/h8-44H,1-7H3;/q-2;/i1D3,2D3,3D3,4D3,8D,9D,10D,11D,25D,26D,27D,28D;. The number of furan rings is 1. The molecule has 6 nitrogen and oxygen atoms in total. The van der Waals surface area contributed by atoms with E-state index in [1.807, 2.05) is 77.4 Å². The number of para-hydroxylation sites is 2. The van der Waals surface area contributed by atoms with Gasteiger partial charge in [0.15, 0.2) is 0 Å². The maximum atomic E-state index is 10.2. The molecule has 4 aromatic heterocycles. The van der Waals surface area contributed by atoms with Gasteiger partial charge in [-0.25, -0.2) is 4.98 Å². The number of aromatic nitrogens is 4. The molecule has 0 fully saturated rings. The van der Waals surface area contributed by atoms with Crippen LogP contribution in [0.3, 0.4) is 0 Å². The molecule has 1 aliphatic rings. The number of nitrogens with zero attached hydrogens (tertiary/aromatic N) is 4. The zero-order chi connectivity index (χ0) is 75.1. The molecule has 0 aliphatic carbocycles. The van der Waals surface area contributed by atoms with Crippen LogP contribution in [-0.2, 0) is 26.5 Å². The molecule has 87 heavy (non-hydrogen) atoms. The second-order valence-corrected chi connectivity index (χ2v) is 22.4. The van der Waals surface area contributed by atoms with Crippen LogP contribution in [0.25, 0.3) is 139 Å². The monoisotopic (exact) mass is 1320 g/mol. The average Bonchev–Trinajstić information content (AvgIpc) is 1.60. The summed E-state index contributed by atoms with van der Waals surface area (Å²) in [6.07, 6.45) is 5.28. The second-order valence-electron chi connectivity index (χ2n) is 22.4. The molecule has 0 N–H and O–H groups in total. The predicted octanol–water partition coefficient (Wildman–Crippen LogP) is 20.3. The van der Waals surface area contributed by atoms with Gasteiger partial charge in [0.25, 0.3) is 6.33 Å². The molecule has 0 bridgehead atoms. The van der Waals surface area contributed by atoms with E-state index in [0.29, 0.717) is 39.0 Å². The summed E-state index contributed by atoms with van der Waals surface area (Å²) in [5, 5.41) is 3.28. The van der Waals surface area contributed by atoms with Crippen LogP contribution in [0.5, 0.6) is 11.5 Å². The molecule has 15 aromatic rings. The number of imidazole rings is 1. The van der Waals surface area contributed by atoms with Crippen molar-refractivity contribution in [2.45, 2.75) is 53.6 Å². The Morgan fingerprint density at radius 1 is 0.517 bits per heavy atom. The number of rotatable bonds is 7. The first kappa shape index (κ1) is 36.2. The zero-order valence-corrected chi connectivity index (χ0v) is 48.9. The molecule has 0 unspecified atom stereocenters. The minimum absolute atomic E-state index is 0. The summed E-state index contributed by atoms with van der Waals surface area (Å²) in [7, 11) is 0. The normalized spacial score (nSPS) is 15.9. The van der Waals surface area contributed by atoms with Crippen molar-refractivity contribution < 1.29 is 62.2 Å². The molecule has 0 radical (unpaired) electrons. The Kier molecular flexibility index (Phi) is 8.61. The van der Waals surface area contributed by atoms with Crippen molar-refractivity contribution in [1.82, 2.24) is 14.1 Å². The van der Waals surface area contributed by atoms with E-state index in [-0.39, 0.29) is 88.2 Å². The number of benzene rings is 11. The maximum Gasteiger partial charge on any atom is 0.268 e. The van der Waals surface area contributed by atoms with Gasteiger partial charge in [0.1, 0.15) is 17.0 Å². The minimum atomic E-state index is -3.18. The van der Waals surface area contributed by atoms with E-state index in [4.69, 9.17) is 22.4 Å². The Labute approximate surface area is 548 Å². The summed E-state index contributed by atoms with van der Waals surface area (Å²) in [5.41, 5.74) is -1.30. The summed E-state index contributed by atoms with van der Waals surface area (Å²) >= 11 is 0. The molecule has 11 aromatic carbocycles. The molecule has 0 atom stereocenters. The molecule has 0 saturated heterocycles. The van der Waals surface area contributed by atoms with Gasteiger partial charge in [-0.05, 0) is 193 Å². The summed E-state index contributed by atoms with van der Waals surface area (Å²) < 4.78 is 206. The Morgan fingerprint density at radius 3 is 1.89 bits per heavy atom. The van der Waals surface area contributed by atoms with E-state index in [9.17, 15) is 19.2 Å². The van der Waals surface area contributed by atoms with Crippen LogP contribution in [0, 0.1) is 45.9 Å². The fourth-order valence-corrected chi connectivity index (χ4v) is 12.3. The summed E-state index contributed by atoms with van der Waals surface area (Å²) in [4.78, 5) is 4.85. The molecular formula is C80H58N4O2Pt-2. The Hall–Kier alpha value is -9.87. The van der Waals surface area contributed by atoms with Gasteiger partial charge in [-0.1, -0.05) is 160 Å². The quantitative estimate of drug-likeness (QED) is 0.118. The molecule has 7 heteroatoms. The first-order chi connectivity index (χ1) is 50.1. The topological polar surface area (TPSA) is 49.0 Å². The summed E-state index contributed by atoms with van der Waals surface area (Å²) in [6.45, 7) is -6.19. The van der Waals surface area contributed by atoms with Crippen LogP contribution in [0.2, 0.25) is 0 Å². The van der Waals surface area contributed by atoms with Crippen molar-refractivity contribution in [3.05, 3.63) is 271 Å². The Morgan fingerprint density at radius 2 is 1.15 bits per heavy atom. The first-order valence-electron chi connectivity index (χ1n) is 37.9. The second kappa shape index (κ2) is 20.7. The van der Waals surface area contributed by atoms with Crippen LogP contribution in [0.15, 0.2) is 229 Å². The van der Waals surface area contributed by atoms with Crippen LogP contribution in [-0.4, -0.2) is 14.1 Å². The molecule has 1 aliphatic heterocycles. The molecule has 0 amide bonds. The van der Waals surface area contributed by atoms with E-state index < -0.39 is 126 Å². The van der Waals surface area contributed by atoms with Gasteiger partial charge in [0, 0.05) is 71.5 Å². The maximum absolute atomic E-state index is 10.2. The van der Waals surface area contributed by atoms with E-state index in [2.05, 4.69) is 39.2 Å². The van der Waals surface area contributed by atoms with E-state index in [1.54, 1.807) is 59.3 Å². The van der Waals surface area contributed by atoms with Crippen LogP contribution in [0.4, 0.5) is 0 Å². The summed E-state index contributed by atoms with van der Waals surface area (Å²) in [6, 6.07) is 47.6. The molecule has 422 valence electrons. The molecule has 5 heterocycles. The van der Waals surface area contributed by atoms with E-state index >= 15 is 0 Å². The smallest absolute Gasteiger partial charge is 0.268 e. The van der Waals surface area contributed by atoms with Crippen molar-refractivity contribution in [2.75, 3.05) is 0 Å². The van der Waals surface area contributed by atoms with Crippen LogP contribution < -0.4 is 9.30 Å². The number of ether oxygens (including phenoxy) is 1. The Balaban J connectivity index is 0.00000915. The third-order valence-electron chi connectivity index (χ3n) is 16.3. The van der Waals surface area contributed by atoms with E-state index in [1.165, 1.54) is 53.1 Å². The number of pyridine rings is 1. The fraction of sp³-hybridized carbons (Fsp3) is 0.100. The van der Waals surface area contributed by atoms with Crippen molar-refractivity contribution in [3.8, 4) is 95.5 Å². The number of fused-ring (bicyclic) bond motifs is 13. The number of hydrogen-bond donors (Lipinski definition) is 0. The van der Waals surface area contributed by atoms with Gasteiger partial charge in [-0.15, -0.1) is 29.7 Å². The molecule has 16 rings (SSSR count). The third-order valence-corrected chi connectivity index (χ3v) is 16.3. The number of aryl methyl sites for hydroxylation is 4. The summed E-state index contributed by atoms with van der Waals surface area (Å²) in [5.74, 6) is 1.06. The first-order valence-corrected chi connectivity index (χ1v) is 27.9. The minimum Gasteiger partial charge on any atom is -0.510 e. The van der Waals surface area contributed by atoms with E-state index in [0.717, 1.165) is 27.2 Å². The zero-order valence-electron chi connectivity index (χ0n) is 66.7. The van der Waals surface area contributed by atoms with Crippen molar-refractivity contribution in [2.24, 2.45) is 0 Å². The molecule has 0 saturated carbocycles. The van der Waals surface area contributed by atoms with Gasteiger partial charge in [-0.3, -0.25) is 4.57 Å². The van der Waals surface area contributed by atoms with Gasteiger partial charge < -0.3 is 18.3 Å². The third kappa shape index (κ3) is 8.79. The van der Waals surface area contributed by atoms with Crippen molar-refractivity contribution in [3.63, 3.8) is 0 Å². The fourth-order valence-electron chi connectivity index (χ4n) is 12.3. The van der Waals surface area contributed by atoms with Gasteiger partial charge in [-0.2, -0.15) is 18.2 Å². The van der Waals surface area contributed by atoms with Crippen LogP contribution in [0.1, 0.15) is 76.0 Å². The van der Waals surface area contributed by atoms with Crippen molar-refractivity contribution in [1.29, 1.82) is 0 Å². The molecular weight excluding hydrogens is 1240 g/mol. The van der Waals surface area contributed by atoms with Crippen LogP contribution >= 0.6 is 0 Å². The largest absolute Gasteiger partial charge is 0.510 e. The average molecular weight is 1320 g/mol. The number of hydrogen-bond acceptors (Lipinski definition) is 3. The van der Waals surface area contributed by atoms with Crippen molar-refractivity contribution >= 4 is 54.8 Å². The predicted molar refractivity (Wildman–Crippen MR) is 351 cm³/mol. The van der Waals surface area contributed by atoms with Gasteiger partial charge >= 0.3 is 0 Å². The van der Waals surface area contributed by atoms with Gasteiger partial charge in [0.2, 0.25) is 0 Å². The molecule has 0 spiro atoms. The SMILES string of the molecule is [2H]c1c([2H])c([2H])c2c(c1[2H])-c1cc(-c3c(C([2H])([2H])[2H])cccc3C([2H])([2H])[2H])cc(-c3c(C([2H])([2H])[2H])cccc3C([2H])([2H])[2H])c1-[n+]1[c-]n(-c3[c-]c(Oc4[c-]c5c(cc4)c4ccccc4n5-c4cc(C(C)(C)C)ccn4)ccc3)c3cc(-c4ccc5oc6ccccc6c5c4)cc(c31)-c1c([2H])c([2H])c([2H])c([2H])c1-2.[Pt]. The Bertz CT molecular complexity index is 6230. The van der Waals surface area contributed by atoms with Gasteiger partial charge in [0.05, 0.1) is 27.7 Å².